The summed E-state index contributed by atoms with van der Waals surface area (Å²) >= 11 is 3.27. The first-order valence-corrected chi connectivity index (χ1v) is 7.61. The summed E-state index contributed by atoms with van der Waals surface area (Å²) in [6, 6.07) is 3.55. The SMILES string of the molecule is COc1cc(CNc2c(Br)cncc2[N+](=O)[O-])cc(OC)c1OC. The molecule has 0 spiro atoms. The van der Waals surface area contributed by atoms with Gasteiger partial charge in [-0.3, -0.25) is 15.1 Å². The fourth-order valence-electron chi connectivity index (χ4n) is 2.17. The van der Waals surface area contributed by atoms with Gasteiger partial charge >= 0.3 is 5.69 Å². The summed E-state index contributed by atoms with van der Waals surface area (Å²) in [6.07, 6.45) is 2.69. The number of rotatable bonds is 7. The second-order valence-corrected chi connectivity index (χ2v) is 5.51. The number of nitrogens with zero attached hydrogens (tertiary/aromatic N) is 2. The van der Waals surface area contributed by atoms with Gasteiger partial charge in [0, 0.05) is 12.7 Å². The van der Waals surface area contributed by atoms with Gasteiger partial charge in [-0.05, 0) is 33.6 Å². The van der Waals surface area contributed by atoms with Crippen LogP contribution in [0.2, 0.25) is 0 Å². The van der Waals surface area contributed by atoms with Gasteiger partial charge in [0.1, 0.15) is 11.9 Å². The molecule has 0 atom stereocenters. The molecular formula is C15H16BrN3O5. The predicted octanol–water partition coefficient (Wildman–Crippen LogP) is 3.39. The zero-order valence-corrected chi connectivity index (χ0v) is 14.9. The number of halogens is 1. The number of anilines is 1. The van der Waals surface area contributed by atoms with E-state index >= 15 is 0 Å². The third-order valence-electron chi connectivity index (χ3n) is 3.27. The van der Waals surface area contributed by atoms with E-state index < -0.39 is 4.92 Å². The highest BCUT2D eigenvalue weighted by Gasteiger charge is 2.18. The Labute approximate surface area is 147 Å². The van der Waals surface area contributed by atoms with Gasteiger partial charge in [-0.25, -0.2) is 0 Å². The van der Waals surface area contributed by atoms with Crippen molar-refractivity contribution >= 4 is 27.3 Å². The Balaban J connectivity index is 2.32. The van der Waals surface area contributed by atoms with E-state index in [4.69, 9.17) is 14.2 Å². The van der Waals surface area contributed by atoms with Gasteiger partial charge in [-0.1, -0.05) is 0 Å². The summed E-state index contributed by atoms with van der Waals surface area (Å²) in [5.74, 6) is 1.51. The van der Waals surface area contributed by atoms with Crippen LogP contribution in [-0.2, 0) is 6.54 Å². The number of pyridine rings is 1. The minimum Gasteiger partial charge on any atom is -0.493 e. The van der Waals surface area contributed by atoms with Crippen LogP contribution in [0.3, 0.4) is 0 Å². The molecule has 1 heterocycles. The molecule has 1 N–H and O–H groups in total. The molecule has 0 aliphatic carbocycles. The molecule has 128 valence electrons. The third kappa shape index (κ3) is 3.67. The maximum atomic E-state index is 11.1. The lowest BCUT2D eigenvalue weighted by Gasteiger charge is -2.15. The van der Waals surface area contributed by atoms with Crippen molar-refractivity contribution in [3.8, 4) is 17.2 Å². The highest BCUT2D eigenvalue weighted by molar-refractivity contribution is 9.10. The van der Waals surface area contributed by atoms with Crippen LogP contribution in [0.25, 0.3) is 0 Å². The molecule has 0 fully saturated rings. The smallest absolute Gasteiger partial charge is 0.311 e. The van der Waals surface area contributed by atoms with Gasteiger partial charge in [0.25, 0.3) is 0 Å². The molecule has 0 unspecified atom stereocenters. The van der Waals surface area contributed by atoms with Gasteiger partial charge in [0.2, 0.25) is 5.75 Å². The number of methoxy groups -OCH3 is 3. The van der Waals surface area contributed by atoms with Gasteiger partial charge < -0.3 is 19.5 Å². The van der Waals surface area contributed by atoms with Crippen molar-refractivity contribution in [2.45, 2.75) is 6.54 Å². The van der Waals surface area contributed by atoms with Crippen LogP contribution in [-0.4, -0.2) is 31.2 Å². The summed E-state index contributed by atoms with van der Waals surface area (Å²) in [7, 11) is 4.58. The van der Waals surface area contributed by atoms with Gasteiger partial charge in [-0.15, -0.1) is 0 Å². The molecule has 0 bridgehead atoms. The van der Waals surface area contributed by atoms with Crippen molar-refractivity contribution in [1.29, 1.82) is 0 Å². The minimum atomic E-state index is -0.491. The number of hydrogen-bond acceptors (Lipinski definition) is 7. The van der Waals surface area contributed by atoms with E-state index in [2.05, 4.69) is 26.2 Å². The summed E-state index contributed by atoms with van der Waals surface area (Å²) in [5, 5.41) is 14.2. The van der Waals surface area contributed by atoms with E-state index in [0.717, 1.165) is 5.56 Å². The number of ether oxygens (including phenoxy) is 3. The topological polar surface area (TPSA) is 95.8 Å². The summed E-state index contributed by atoms with van der Waals surface area (Å²) in [5.41, 5.74) is 1.04. The van der Waals surface area contributed by atoms with E-state index in [-0.39, 0.29) is 5.69 Å². The molecule has 1 aromatic carbocycles. The first-order chi connectivity index (χ1) is 11.5. The average Bonchev–Trinajstić information content (AvgIpc) is 2.59. The lowest BCUT2D eigenvalue weighted by atomic mass is 10.1. The molecule has 24 heavy (non-hydrogen) atoms. The third-order valence-corrected chi connectivity index (χ3v) is 3.87. The molecule has 0 aliphatic heterocycles. The molecule has 0 saturated heterocycles. The molecule has 0 amide bonds. The lowest BCUT2D eigenvalue weighted by Crippen LogP contribution is -2.05. The van der Waals surface area contributed by atoms with Crippen LogP contribution in [0.4, 0.5) is 11.4 Å². The van der Waals surface area contributed by atoms with Crippen molar-refractivity contribution in [3.63, 3.8) is 0 Å². The molecule has 2 aromatic rings. The summed E-state index contributed by atoms with van der Waals surface area (Å²) in [4.78, 5) is 14.4. The van der Waals surface area contributed by atoms with Crippen molar-refractivity contribution in [2.24, 2.45) is 0 Å². The Morgan fingerprint density at radius 1 is 1.17 bits per heavy atom. The lowest BCUT2D eigenvalue weighted by molar-refractivity contribution is -0.384. The molecule has 9 heteroatoms. The fourth-order valence-corrected chi connectivity index (χ4v) is 2.63. The molecule has 0 saturated carbocycles. The zero-order valence-electron chi connectivity index (χ0n) is 13.3. The van der Waals surface area contributed by atoms with Crippen LogP contribution < -0.4 is 19.5 Å². The van der Waals surface area contributed by atoms with Crippen LogP contribution >= 0.6 is 15.9 Å². The maximum Gasteiger partial charge on any atom is 0.311 e. The van der Waals surface area contributed by atoms with Crippen LogP contribution in [0, 0.1) is 10.1 Å². The standard InChI is InChI=1S/C15H16BrN3O5/c1-22-12-4-9(5-13(23-2)15(12)24-3)6-18-14-10(16)7-17-8-11(14)19(20)21/h4-5,7-8H,6H2,1-3H3,(H,17,18). The van der Waals surface area contributed by atoms with Gasteiger partial charge in [-0.2, -0.15) is 0 Å². The van der Waals surface area contributed by atoms with E-state index in [9.17, 15) is 10.1 Å². The second kappa shape index (κ2) is 7.82. The van der Waals surface area contributed by atoms with Crippen LogP contribution in [0.5, 0.6) is 17.2 Å². The maximum absolute atomic E-state index is 11.1. The molecular weight excluding hydrogens is 382 g/mol. The van der Waals surface area contributed by atoms with E-state index in [1.165, 1.54) is 33.7 Å². The summed E-state index contributed by atoms with van der Waals surface area (Å²) in [6.45, 7) is 0.320. The van der Waals surface area contributed by atoms with Crippen molar-refractivity contribution in [2.75, 3.05) is 26.6 Å². The van der Waals surface area contributed by atoms with E-state index in [0.29, 0.717) is 34.0 Å². The zero-order chi connectivity index (χ0) is 17.7. The molecule has 0 radical (unpaired) electrons. The van der Waals surface area contributed by atoms with Gasteiger partial charge in [0.05, 0.1) is 30.7 Å². The number of benzene rings is 1. The fraction of sp³-hybridized carbons (Fsp3) is 0.267. The number of hydrogen-bond donors (Lipinski definition) is 1. The van der Waals surface area contributed by atoms with Crippen molar-refractivity contribution in [3.05, 3.63) is 44.7 Å². The van der Waals surface area contributed by atoms with E-state index in [1.54, 1.807) is 12.1 Å². The Kier molecular flexibility index (Phi) is 5.80. The first-order valence-electron chi connectivity index (χ1n) is 6.82. The first kappa shape index (κ1) is 17.8. The molecule has 2 rings (SSSR count). The highest BCUT2D eigenvalue weighted by Crippen LogP contribution is 2.39. The minimum absolute atomic E-state index is 0.114. The summed E-state index contributed by atoms with van der Waals surface area (Å²) < 4.78 is 16.4. The van der Waals surface area contributed by atoms with Crippen LogP contribution in [0.15, 0.2) is 29.0 Å². The second-order valence-electron chi connectivity index (χ2n) is 4.66. The number of nitro groups is 1. The monoisotopic (exact) mass is 397 g/mol. The number of aromatic nitrogens is 1. The van der Waals surface area contributed by atoms with Crippen molar-refractivity contribution < 1.29 is 19.1 Å². The Morgan fingerprint density at radius 3 is 2.29 bits per heavy atom. The van der Waals surface area contributed by atoms with Crippen LogP contribution in [0.1, 0.15) is 5.56 Å². The quantitative estimate of drug-likeness (QED) is 0.564. The predicted molar refractivity (Wildman–Crippen MR) is 92.0 cm³/mol. The highest BCUT2D eigenvalue weighted by atomic mass is 79.9. The molecule has 0 aliphatic rings. The number of nitrogens with one attached hydrogen (secondary N) is 1. The average molecular weight is 398 g/mol. The van der Waals surface area contributed by atoms with Crippen molar-refractivity contribution in [1.82, 2.24) is 4.98 Å². The largest absolute Gasteiger partial charge is 0.493 e. The van der Waals surface area contributed by atoms with E-state index in [1.807, 2.05) is 0 Å². The normalized spacial score (nSPS) is 10.2. The Bertz CT molecular complexity index is 729. The Hall–Kier alpha value is -2.55. The Morgan fingerprint density at radius 2 is 1.79 bits per heavy atom. The molecule has 1 aromatic heterocycles. The molecule has 8 nitrogen and oxygen atoms in total. The van der Waals surface area contributed by atoms with Gasteiger partial charge in [0.15, 0.2) is 11.5 Å².